The summed E-state index contributed by atoms with van der Waals surface area (Å²) in [6.45, 7) is 0.683. The molecule has 0 bridgehead atoms. The highest BCUT2D eigenvalue weighted by molar-refractivity contribution is 14.1. The smallest absolute Gasteiger partial charge is 0.252 e. The van der Waals surface area contributed by atoms with E-state index in [9.17, 15) is 9.90 Å². The van der Waals surface area contributed by atoms with Crippen molar-refractivity contribution in [2.24, 2.45) is 5.92 Å². The molecule has 1 saturated carbocycles. The number of nitrogens with one attached hydrogen (secondary N) is 1. The van der Waals surface area contributed by atoms with Gasteiger partial charge in [-0.1, -0.05) is 0 Å². The summed E-state index contributed by atoms with van der Waals surface area (Å²) in [5.41, 5.74) is 0.743. The van der Waals surface area contributed by atoms with Crippen molar-refractivity contribution in [1.82, 2.24) is 5.32 Å². The zero-order valence-corrected chi connectivity index (χ0v) is 11.8. The first-order valence-corrected chi connectivity index (χ1v) is 7.31. The van der Waals surface area contributed by atoms with E-state index < -0.39 is 0 Å². The van der Waals surface area contributed by atoms with E-state index in [4.69, 9.17) is 0 Å². The monoisotopic (exact) mass is 351 g/mol. The normalized spacial score (nSPS) is 24.6. The van der Waals surface area contributed by atoms with Crippen LogP contribution in [-0.4, -0.2) is 23.7 Å². The molecule has 0 spiro atoms. The van der Waals surface area contributed by atoms with Gasteiger partial charge in [0, 0.05) is 11.9 Å². The molecule has 1 heterocycles. The predicted octanol–water partition coefficient (Wildman–Crippen LogP) is 2.24. The molecule has 16 heavy (non-hydrogen) atoms. The number of rotatable bonds is 3. The van der Waals surface area contributed by atoms with Crippen molar-refractivity contribution in [3.8, 4) is 0 Å². The summed E-state index contributed by atoms with van der Waals surface area (Å²) in [6, 6.07) is 1.89. The van der Waals surface area contributed by atoms with Crippen LogP contribution in [0, 0.1) is 8.80 Å². The van der Waals surface area contributed by atoms with Crippen molar-refractivity contribution in [3.05, 3.63) is 19.9 Å². The molecule has 0 aromatic carbocycles. The first-order chi connectivity index (χ1) is 7.65. The number of hydrogen-bond donors (Lipinski definition) is 2. The third-order valence-electron chi connectivity index (χ3n) is 2.89. The van der Waals surface area contributed by atoms with Gasteiger partial charge in [-0.25, -0.2) is 0 Å². The van der Waals surface area contributed by atoms with Crippen molar-refractivity contribution >= 4 is 39.8 Å². The standard InChI is InChI=1S/C11H14INO2S/c12-10-4-8(6-16-10)11(15)13-5-7-1-2-9(14)3-7/h4,6-7,9,14H,1-3,5H2,(H,13,15). The molecule has 1 aliphatic rings. The van der Waals surface area contributed by atoms with Crippen LogP contribution in [0.4, 0.5) is 0 Å². The van der Waals surface area contributed by atoms with Crippen LogP contribution in [0.3, 0.4) is 0 Å². The molecule has 1 aliphatic carbocycles. The SMILES string of the molecule is O=C(NCC1CCC(O)C1)c1csc(I)c1. The molecular weight excluding hydrogens is 337 g/mol. The maximum atomic E-state index is 11.7. The van der Waals surface area contributed by atoms with Crippen LogP contribution in [0.1, 0.15) is 29.6 Å². The van der Waals surface area contributed by atoms with Gasteiger partial charge in [0.2, 0.25) is 0 Å². The van der Waals surface area contributed by atoms with Gasteiger partial charge in [-0.3, -0.25) is 4.79 Å². The van der Waals surface area contributed by atoms with E-state index in [2.05, 4.69) is 27.9 Å². The van der Waals surface area contributed by atoms with Gasteiger partial charge in [-0.05, 0) is 53.8 Å². The second kappa shape index (κ2) is 5.46. The Morgan fingerprint density at radius 2 is 2.44 bits per heavy atom. The minimum Gasteiger partial charge on any atom is -0.393 e. The molecule has 0 radical (unpaired) electrons. The lowest BCUT2D eigenvalue weighted by Crippen LogP contribution is -2.28. The Labute approximate surface area is 112 Å². The van der Waals surface area contributed by atoms with Gasteiger partial charge >= 0.3 is 0 Å². The highest BCUT2D eigenvalue weighted by atomic mass is 127. The lowest BCUT2D eigenvalue weighted by Gasteiger charge is -2.09. The van der Waals surface area contributed by atoms with E-state index >= 15 is 0 Å². The molecular formula is C11H14INO2S. The van der Waals surface area contributed by atoms with E-state index in [0.717, 1.165) is 27.7 Å². The fraction of sp³-hybridized carbons (Fsp3) is 0.545. The average Bonchev–Trinajstić information content (AvgIpc) is 2.84. The van der Waals surface area contributed by atoms with Crippen LogP contribution in [0.25, 0.3) is 0 Å². The lowest BCUT2D eigenvalue weighted by atomic mass is 10.1. The van der Waals surface area contributed by atoms with Crippen LogP contribution < -0.4 is 5.32 Å². The summed E-state index contributed by atoms with van der Waals surface area (Å²) in [7, 11) is 0. The van der Waals surface area contributed by atoms with Crippen LogP contribution >= 0.6 is 33.9 Å². The van der Waals surface area contributed by atoms with E-state index in [-0.39, 0.29) is 12.0 Å². The molecule has 2 N–H and O–H groups in total. The molecule has 1 fully saturated rings. The van der Waals surface area contributed by atoms with Crippen molar-refractivity contribution in [1.29, 1.82) is 0 Å². The molecule has 2 unspecified atom stereocenters. The molecule has 0 aliphatic heterocycles. The van der Waals surface area contributed by atoms with Crippen molar-refractivity contribution in [3.63, 3.8) is 0 Å². The largest absolute Gasteiger partial charge is 0.393 e. The predicted molar refractivity (Wildman–Crippen MR) is 72.7 cm³/mol. The zero-order valence-electron chi connectivity index (χ0n) is 8.78. The molecule has 1 aromatic heterocycles. The summed E-state index contributed by atoms with van der Waals surface area (Å²) >= 11 is 3.79. The number of aliphatic hydroxyl groups excluding tert-OH is 1. The number of carbonyl (C=O) groups is 1. The van der Waals surface area contributed by atoms with E-state index in [1.807, 2.05) is 11.4 Å². The fourth-order valence-corrected chi connectivity index (χ4v) is 3.33. The third-order valence-corrected chi connectivity index (χ3v) is 4.68. The molecule has 88 valence electrons. The van der Waals surface area contributed by atoms with E-state index in [1.54, 1.807) is 11.3 Å². The average molecular weight is 351 g/mol. The molecule has 0 saturated heterocycles. The second-order valence-corrected chi connectivity index (χ2v) is 6.99. The van der Waals surface area contributed by atoms with Crippen molar-refractivity contribution < 1.29 is 9.90 Å². The van der Waals surface area contributed by atoms with Crippen LogP contribution in [-0.2, 0) is 0 Å². The first kappa shape index (κ1) is 12.3. The molecule has 2 atom stereocenters. The highest BCUT2D eigenvalue weighted by Gasteiger charge is 2.23. The van der Waals surface area contributed by atoms with Gasteiger partial charge in [0.15, 0.2) is 0 Å². The second-order valence-electron chi connectivity index (χ2n) is 4.18. The molecule has 5 heteroatoms. The number of amides is 1. The van der Waals surface area contributed by atoms with Crippen molar-refractivity contribution in [2.75, 3.05) is 6.54 Å². The molecule has 3 nitrogen and oxygen atoms in total. The topological polar surface area (TPSA) is 49.3 Å². The Kier molecular flexibility index (Phi) is 4.21. The van der Waals surface area contributed by atoms with Crippen molar-refractivity contribution in [2.45, 2.75) is 25.4 Å². The maximum absolute atomic E-state index is 11.7. The summed E-state index contributed by atoms with van der Waals surface area (Å²) in [4.78, 5) is 11.7. The third kappa shape index (κ3) is 3.18. The molecule has 2 rings (SSSR count). The zero-order chi connectivity index (χ0) is 11.5. The number of hydrogen-bond acceptors (Lipinski definition) is 3. The van der Waals surface area contributed by atoms with Gasteiger partial charge < -0.3 is 10.4 Å². The van der Waals surface area contributed by atoms with E-state index in [1.165, 1.54) is 0 Å². The Bertz CT molecular complexity index is 380. The fourth-order valence-electron chi connectivity index (χ4n) is 2.00. The Morgan fingerprint density at radius 1 is 1.62 bits per heavy atom. The first-order valence-electron chi connectivity index (χ1n) is 5.35. The minimum absolute atomic E-state index is 0.000515. The Balaban J connectivity index is 1.80. The van der Waals surface area contributed by atoms with Crippen LogP contribution in [0.15, 0.2) is 11.4 Å². The number of halogens is 1. The quantitative estimate of drug-likeness (QED) is 0.821. The number of carbonyl (C=O) groups excluding carboxylic acids is 1. The van der Waals surface area contributed by atoms with E-state index in [0.29, 0.717) is 12.5 Å². The van der Waals surface area contributed by atoms with Gasteiger partial charge in [0.1, 0.15) is 0 Å². The molecule has 1 amide bonds. The maximum Gasteiger partial charge on any atom is 0.252 e. The van der Waals surface area contributed by atoms with Gasteiger partial charge in [0.25, 0.3) is 5.91 Å². The summed E-state index contributed by atoms with van der Waals surface area (Å²) in [5.74, 6) is 0.442. The Morgan fingerprint density at radius 3 is 3.00 bits per heavy atom. The van der Waals surface area contributed by atoms with Gasteiger partial charge in [-0.15, -0.1) is 11.3 Å². The number of aliphatic hydroxyl groups is 1. The Hall–Kier alpha value is -0.140. The number of thiophene rings is 1. The van der Waals surface area contributed by atoms with Gasteiger partial charge in [0.05, 0.1) is 14.6 Å². The lowest BCUT2D eigenvalue weighted by molar-refractivity contribution is 0.0945. The van der Waals surface area contributed by atoms with Crippen LogP contribution in [0.5, 0.6) is 0 Å². The molecule has 1 aromatic rings. The van der Waals surface area contributed by atoms with Crippen LogP contribution in [0.2, 0.25) is 0 Å². The highest BCUT2D eigenvalue weighted by Crippen LogP contribution is 2.24. The summed E-state index contributed by atoms with van der Waals surface area (Å²) in [5, 5.41) is 14.2. The minimum atomic E-state index is -0.163. The van der Waals surface area contributed by atoms with Gasteiger partial charge in [-0.2, -0.15) is 0 Å². The summed E-state index contributed by atoms with van der Waals surface area (Å²) in [6.07, 6.45) is 2.55. The summed E-state index contributed by atoms with van der Waals surface area (Å²) < 4.78 is 1.12.